The van der Waals surface area contributed by atoms with Crippen LogP contribution >= 0.6 is 22.9 Å². The van der Waals surface area contributed by atoms with Crippen molar-refractivity contribution in [1.29, 1.82) is 0 Å². The second-order valence-electron chi connectivity index (χ2n) is 4.00. The van der Waals surface area contributed by atoms with E-state index < -0.39 is 15.9 Å². The maximum absolute atomic E-state index is 12.0. The van der Waals surface area contributed by atoms with Crippen LogP contribution in [0.1, 0.15) is 15.4 Å². The average molecular weight is 347 g/mol. The lowest BCUT2D eigenvalue weighted by Gasteiger charge is -2.09. The number of carbonyl (C=O) groups is 1. The Balaban J connectivity index is 2.32. The van der Waals surface area contributed by atoms with E-state index in [2.05, 4.69) is 20.2 Å². The molecule has 0 unspecified atom stereocenters. The maximum atomic E-state index is 12.0. The fourth-order valence-corrected chi connectivity index (χ4v) is 2.97. The molecule has 0 saturated heterocycles. The molecule has 21 heavy (non-hydrogen) atoms. The van der Waals surface area contributed by atoms with Gasteiger partial charge >= 0.3 is 0 Å². The van der Waals surface area contributed by atoms with Crippen LogP contribution in [0.5, 0.6) is 0 Å². The van der Waals surface area contributed by atoms with Gasteiger partial charge in [0.2, 0.25) is 19.5 Å². The topological polar surface area (TPSA) is 101 Å². The van der Waals surface area contributed by atoms with Gasteiger partial charge in [-0.2, -0.15) is 0 Å². The van der Waals surface area contributed by atoms with Crippen LogP contribution in [0.25, 0.3) is 0 Å². The predicted octanol–water partition coefficient (Wildman–Crippen LogP) is 1.66. The molecule has 10 heteroatoms. The number of sulfonamides is 1. The summed E-state index contributed by atoms with van der Waals surface area (Å²) in [5.74, 6) is -0.499. The van der Waals surface area contributed by atoms with E-state index in [1.165, 1.54) is 19.2 Å². The SMILES string of the molecule is CNS(=O)(=O)c1ccc(C)c(NC(=O)c2nnc(Cl)s2)c1. The van der Waals surface area contributed by atoms with Crippen LogP contribution in [0, 0.1) is 6.92 Å². The van der Waals surface area contributed by atoms with Gasteiger partial charge in [0, 0.05) is 5.69 Å². The molecule has 0 aliphatic rings. The highest BCUT2D eigenvalue weighted by atomic mass is 35.5. The number of hydrogen-bond acceptors (Lipinski definition) is 6. The predicted molar refractivity (Wildman–Crippen MR) is 80.3 cm³/mol. The fraction of sp³-hybridized carbons (Fsp3) is 0.182. The van der Waals surface area contributed by atoms with E-state index in [1.54, 1.807) is 13.0 Å². The van der Waals surface area contributed by atoms with E-state index in [0.717, 1.165) is 11.3 Å². The number of anilines is 1. The Morgan fingerprint density at radius 1 is 1.33 bits per heavy atom. The minimum Gasteiger partial charge on any atom is -0.320 e. The first kappa shape index (κ1) is 15.8. The van der Waals surface area contributed by atoms with Crippen LogP contribution < -0.4 is 10.0 Å². The number of nitrogens with one attached hydrogen (secondary N) is 2. The Hall–Kier alpha value is -1.55. The molecule has 0 bridgehead atoms. The summed E-state index contributed by atoms with van der Waals surface area (Å²) in [6.07, 6.45) is 0. The van der Waals surface area contributed by atoms with Gasteiger partial charge in [-0.05, 0) is 43.3 Å². The number of halogens is 1. The van der Waals surface area contributed by atoms with Crippen molar-refractivity contribution in [2.24, 2.45) is 0 Å². The van der Waals surface area contributed by atoms with E-state index in [4.69, 9.17) is 11.6 Å². The molecule has 0 spiro atoms. The molecular weight excluding hydrogens is 336 g/mol. The van der Waals surface area contributed by atoms with Crippen molar-refractivity contribution in [1.82, 2.24) is 14.9 Å². The smallest absolute Gasteiger partial charge is 0.286 e. The van der Waals surface area contributed by atoms with Crippen molar-refractivity contribution in [2.75, 3.05) is 12.4 Å². The number of aryl methyl sites for hydroxylation is 1. The first-order chi connectivity index (χ1) is 9.83. The van der Waals surface area contributed by atoms with Crippen LogP contribution in [-0.2, 0) is 10.0 Å². The summed E-state index contributed by atoms with van der Waals surface area (Å²) in [5, 5.41) is 9.85. The van der Waals surface area contributed by atoms with E-state index in [9.17, 15) is 13.2 Å². The van der Waals surface area contributed by atoms with Crippen LogP contribution in [0.2, 0.25) is 4.47 Å². The lowest BCUT2D eigenvalue weighted by Crippen LogP contribution is -2.19. The van der Waals surface area contributed by atoms with Crippen LogP contribution in [0.15, 0.2) is 23.1 Å². The lowest BCUT2D eigenvalue weighted by atomic mass is 10.2. The normalized spacial score (nSPS) is 11.4. The molecule has 0 radical (unpaired) electrons. The summed E-state index contributed by atoms with van der Waals surface area (Å²) in [5.41, 5.74) is 1.09. The molecule has 7 nitrogen and oxygen atoms in total. The Bertz CT molecular complexity index is 789. The van der Waals surface area contributed by atoms with Crippen LogP contribution in [0.4, 0.5) is 5.69 Å². The lowest BCUT2D eigenvalue weighted by molar-refractivity contribution is 0.102. The van der Waals surface area contributed by atoms with Gasteiger partial charge < -0.3 is 5.32 Å². The van der Waals surface area contributed by atoms with Crippen LogP contribution in [0.3, 0.4) is 0 Å². The Labute approximate surface area is 130 Å². The summed E-state index contributed by atoms with van der Waals surface area (Å²) < 4.78 is 25.9. The minimum absolute atomic E-state index is 0.0567. The molecule has 0 fully saturated rings. The summed E-state index contributed by atoms with van der Waals surface area (Å²) in [6.45, 7) is 1.75. The molecule has 1 heterocycles. The van der Waals surface area contributed by atoms with Gasteiger partial charge in [0.15, 0.2) is 0 Å². The van der Waals surface area contributed by atoms with Gasteiger partial charge in [-0.3, -0.25) is 4.79 Å². The molecule has 0 aliphatic carbocycles. The van der Waals surface area contributed by atoms with E-state index in [0.29, 0.717) is 11.3 Å². The molecule has 0 atom stereocenters. The molecule has 0 aliphatic heterocycles. The standard InChI is InChI=1S/C11H11ClN4O3S2/c1-6-3-4-7(21(18,19)13-2)5-8(6)14-9(17)10-15-16-11(12)20-10/h3-5,13H,1-2H3,(H,14,17). The third-order valence-corrected chi connectivity index (χ3v) is 5.06. The Morgan fingerprint density at radius 2 is 2.05 bits per heavy atom. The molecular formula is C11H11ClN4O3S2. The Kier molecular flexibility index (Phi) is 4.57. The number of amides is 1. The van der Waals surface area contributed by atoms with Crippen molar-refractivity contribution >= 4 is 44.6 Å². The zero-order chi connectivity index (χ0) is 15.6. The highest BCUT2D eigenvalue weighted by Gasteiger charge is 2.16. The van der Waals surface area contributed by atoms with Gasteiger partial charge in [0.05, 0.1) is 4.90 Å². The van der Waals surface area contributed by atoms with Crippen molar-refractivity contribution in [2.45, 2.75) is 11.8 Å². The fourth-order valence-electron chi connectivity index (χ4n) is 1.49. The highest BCUT2D eigenvalue weighted by Crippen LogP contribution is 2.22. The van der Waals surface area contributed by atoms with Gasteiger partial charge in [-0.15, -0.1) is 10.2 Å². The molecule has 2 rings (SSSR count). The van der Waals surface area contributed by atoms with E-state index >= 15 is 0 Å². The number of aromatic nitrogens is 2. The second kappa shape index (κ2) is 6.06. The van der Waals surface area contributed by atoms with Crippen LogP contribution in [-0.4, -0.2) is 31.6 Å². The number of carbonyl (C=O) groups excluding carboxylic acids is 1. The van der Waals surface area contributed by atoms with Crippen molar-refractivity contribution in [3.8, 4) is 0 Å². The molecule has 2 aromatic rings. The summed E-state index contributed by atoms with van der Waals surface area (Å²) in [6, 6.07) is 4.44. The monoisotopic (exact) mass is 346 g/mol. The quantitative estimate of drug-likeness (QED) is 0.876. The third kappa shape index (κ3) is 3.56. The largest absolute Gasteiger partial charge is 0.320 e. The molecule has 1 amide bonds. The molecule has 1 aromatic carbocycles. The van der Waals surface area contributed by atoms with Crippen molar-refractivity contribution < 1.29 is 13.2 Å². The molecule has 0 saturated carbocycles. The zero-order valence-electron chi connectivity index (χ0n) is 11.0. The highest BCUT2D eigenvalue weighted by molar-refractivity contribution is 7.89. The average Bonchev–Trinajstić information content (AvgIpc) is 2.87. The third-order valence-electron chi connectivity index (χ3n) is 2.63. The number of hydrogen-bond donors (Lipinski definition) is 2. The minimum atomic E-state index is -3.58. The first-order valence-electron chi connectivity index (χ1n) is 5.68. The Morgan fingerprint density at radius 3 is 2.62 bits per heavy atom. The zero-order valence-corrected chi connectivity index (χ0v) is 13.4. The summed E-state index contributed by atoms with van der Waals surface area (Å²) in [4.78, 5) is 12.0. The van der Waals surface area contributed by atoms with Crippen molar-refractivity contribution in [3.63, 3.8) is 0 Å². The number of nitrogens with zero attached hydrogens (tertiary/aromatic N) is 2. The van der Waals surface area contributed by atoms with Gasteiger partial charge in [0.1, 0.15) is 0 Å². The molecule has 2 N–H and O–H groups in total. The number of rotatable bonds is 4. The van der Waals surface area contributed by atoms with Gasteiger partial charge in [0.25, 0.3) is 5.91 Å². The maximum Gasteiger partial charge on any atom is 0.286 e. The molecule has 112 valence electrons. The summed E-state index contributed by atoms with van der Waals surface area (Å²) in [7, 11) is -2.27. The van der Waals surface area contributed by atoms with Gasteiger partial charge in [-0.25, -0.2) is 13.1 Å². The van der Waals surface area contributed by atoms with E-state index in [1.807, 2.05) is 0 Å². The van der Waals surface area contributed by atoms with Crippen molar-refractivity contribution in [3.05, 3.63) is 33.2 Å². The first-order valence-corrected chi connectivity index (χ1v) is 8.36. The van der Waals surface area contributed by atoms with E-state index in [-0.39, 0.29) is 14.4 Å². The van der Waals surface area contributed by atoms with Gasteiger partial charge in [-0.1, -0.05) is 17.4 Å². The second-order valence-corrected chi connectivity index (χ2v) is 7.44. The molecule has 1 aromatic heterocycles. The summed E-state index contributed by atoms with van der Waals surface area (Å²) >= 11 is 6.56. The number of benzene rings is 1.